The molecule has 1 nitrogen and oxygen atoms in total. The maximum absolute atomic E-state index is 5.62. The van der Waals surface area contributed by atoms with Crippen LogP contribution in [0.4, 0.5) is 0 Å². The zero-order chi connectivity index (χ0) is 7.82. The van der Waals surface area contributed by atoms with E-state index in [0.717, 1.165) is 0 Å². The van der Waals surface area contributed by atoms with Crippen LogP contribution in [0, 0.1) is 0 Å². The Hall–Kier alpha value is 0.759. The molecule has 0 amide bonds. The molecule has 10 heavy (non-hydrogen) atoms. The number of unbranched alkanes of at least 4 members (excludes halogenated alkanes) is 1. The van der Waals surface area contributed by atoms with E-state index in [0.29, 0.717) is 6.04 Å². The van der Waals surface area contributed by atoms with Crippen LogP contribution in [0.15, 0.2) is 0 Å². The van der Waals surface area contributed by atoms with E-state index in [2.05, 4.69) is 13.8 Å². The minimum absolute atomic E-state index is 0.100. The number of rotatable bonds is 6. The number of hydrogen-bond donors (Lipinski definition) is 1. The van der Waals surface area contributed by atoms with Crippen molar-refractivity contribution >= 4 is 21.1 Å². The summed E-state index contributed by atoms with van der Waals surface area (Å²) >= 11 is 0.100. The van der Waals surface area contributed by atoms with Crippen LogP contribution in [0.25, 0.3) is 0 Å². The molecule has 1 atom stereocenters. The van der Waals surface area contributed by atoms with Gasteiger partial charge in [-0.2, -0.15) is 0 Å². The SMILES string of the molecule is C[CH2][Sn][CH2]CCCC(C)N. The van der Waals surface area contributed by atoms with Gasteiger partial charge in [0.25, 0.3) is 0 Å². The minimum atomic E-state index is 0.100. The average molecular weight is 248 g/mol. The zero-order valence-corrected chi connectivity index (χ0v) is 10.0. The van der Waals surface area contributed by atoms with Crippen molar-refractivity contribution in [2.45, 2.75) is 48.0 Å². The third kappa shape index (κ3) is 8.76. The molecule has 0 aromatic carbocycles. The van der Waals surface area contributed by atoms with Crippen LogP contribution in [0.3, 0.4) is 0 Å². The predicted octanol–water partition coefficient (Wildman–Crippen LogP) is 2.06. The first-order valence-electron chi connectivity index (χ1n) is 4.23. The van der Waals surface area contributed by atoms with Crippen LogP contribution in [-0.4, -0.2) is 27.2 Å². The van der Waals surface area contributed by atoms with Gasteiger partial charge < -0.3 is 0 Å². The Morgan fingerprint density at radius 1 is 1.40 bits per heavy atom. The average Bonchev–Trinajstić information content (AvgIpc) is 1.87. The van der Waals surface area contributed by atoms with Crippen LogP contribution in [0.2, 0.25) is 8.87 Å². The molecule has 0 aromatic heterocycles. The molecule has 2 radical (unpaired) electrons. The first kappa shape index (κ1) is 10.8. The van der Waals surface area contributed by atoms with Gasteiger partial charge in [-0.05, 0) is 0 Å². The van der Waals surface area contributed by atoms with Crippen LogP contribution in [-0.2, 0) is 0 Å². The van der Waals surface area contributed by atoms with E-state index in [9.17, 15) is 0 Å². The second kappa shape index (κ2) is 7.86. The van der Waals surface area contributed by atoms with Crippen LogP contribution in [0.5, 0.6) is 0 Å². The van der Waals surface area contributed by atoms with Crippen molar-refractivity contribution in [2.24, 2.45) is 5.73 Å². The summed E-state index contributed by atoms with van der Waals surface area (Å²) in [6.07, 6.45) is 4.03. The van der Waals surface area contributed by atoms with Crippen molar-refractivity contribution in [3.63, 3.8) is 0 Å². The molecule has 0 rings (SSSR count). The molecule has 0 aliphatic rings. The third-order valence-corrected chi connectivity index (χ3v) is 4.96. The van der Waals surface area contributed by atoms with Crippen molar-refractivity contribution in [3.05, 3.63) is 0 Å². The van der Waals surface area contributed by atoms with Crippen molar-refractivity contribution in [1.29, 1.82) is 0 Å². The monoisotopic (exact) mass is 249 g/mol. The summed E-state index contributed by atoms with van der Waals surface area (Å²) < 4.78 is 3.06. The van der Waals surface area contributed by atoms with Gasteiger partial charge in [-0.25, -0.2) is 0 Å². The first-order chi connectivity index (χ1) is 4.77. The predicted molar refractivity (Wildman–Crippen MR) is 48.5 cm³/mol. The Morgan fingerprint density at radius 2 is 2.10 bits per heavy atom. The molecule has 60 valence electrons. The Bertz CT molecular complexity index is 64.3. The van der Waals surface area contributed by atoms with Gasteiger partial charge in [-0.3, -0.25) is 0 Å². The van der Waals surface area contributed by atoms with E-state index >= 15 is 0 Å². The molecular formula is C8H19NSn. The second-order valence-electron chi connectivity index (χ2n) is 2.83. The summed E-state index contributed by atoms with van der Waals surface area (Å²) in [5, 5.41) is 0. The van der Waals surface area contributed by atoms with Gasteiger partial charge >= 0.3 is 74.9 Å². The molecular weight excluding hydrogens is 229 g/mol. The topological polar surface area (TPSA) is 26.0 Å². The molecule has 0 aliphatic heterocycles. The zero-order valence-electron chi connectivity index (χ0n) is 7.19. The van der Waals surface area contributed by atoms with E-state index in [1.54, 1.807) is 4.44 Å². The standard InChI is InChI=1S/C6H14N.C2H5.Sn/c1-3-4-5-6(2)7;1-2;/h6H,1,3-5,7H2,2H3;1H2,2H3;. The van der Waals surface area contributed by atoms with Gasteiger partial charge in [-0.15, -0.1) is 0 Å². The quantitative estimate of drug-likeness (QED) is 0.565. The number of hydrogen-bond acceptors (Lipinski definition) is 1. The van der Waals surface area contributed by atoms with E-state index in [1.165, 1.54) is 23.7 Å². The van der Waals surface area contributed by atoms with Gasteiger partial charge in [-0.1, -0.05) is 0 Å². The molecule has 0 spiro atoms. The van der Waals surface area contributed by atoms with Crippen molar-refractivity contribution in [2.75, 3.05) is 0 Å². The fourth-order valence-corrected chi connectivity index (χ4v) is 3.33. The van der Waals surface area contributed by atoms with Crippen LogP contribution < -0.4 is 5.73 Å². The normalized spacial score (nSPS) is 13.5. The Balaban J connectivity index is 2.77. The van der Waals surface area contributed by atoms with Crippen molar-refractivity contribution < 1.29 is 0 Å². The fourth-order valence-electron chi connectivity index (χ4n) is 0.893. The molecule has 0 fully saturated rings. The molecule has 0 aromatic rings. The maximum atomic E-state index is 5.62. The molecule has 0 saturated carbocycles. The third-order valence-electron chi connectivity index (χ3n) is 1.51. The Labute approximate surface area is 75.0 Å². The van der Waals surface area contributed by atoms with Gasteiger partial charge in [0, 0.05) is 0 Å². The molecule has 0 bridgehead atoms. The molecule has 2 heteroatoms. The van der Waals surface area contributed by atoms with Crippen molar-refractivity contribution in [1.82, 2.24) is 0 Å². The van der Waals surface area contributed by atoms with Gasteiger partial charge in [0.2, 0.25) is 0 Å². The summed E-state index contributed by atoms with van der Waals surface area (Å²) in [4.78, 5) is 0. The van der Waals surface area contributed by atoms with E-state index in [-0.39, 0.29) is 21.1 Å². The van der Waals surface area contributed by atoms with Crippen LogP contribution >= 0.6 is 0 Å². The summed E-state index contributed by atoms with van der Waals surface area (Å²) in [6, 6.07) is 0.423. The van der Waals surface area contributed by atoms with Gasteiger partial charge in [0.05, 0.1) is 0 Å². The second-order valence-corrected chi connectivity index (χ2v) is 7.70. The van der Waals surface area contributed by atoms with Gasteiger partial charge in [0.15, 0.2) is 0 Å². The molecule has 0 aliphatic carbocycles. The Kier molecular flexibility index (Phi) is 8.46. The Morgan fingerprint density at radius 3 is 2.60 bits per heavy atom. The van der Waals surface area contributed by atoms with E-state index in [4.69, 9.17) is 5.73 Å². The fraction of sp³-hybridized carbons (Fsp3) is 1.00. The summed E-state index contributed by atoms with van der Waals surface area (Å²) in [6.45, 7) is 4.41. The van der Waals surface area contributed by atoms with E-state index < -0.39 is 0 Å². The first-order valence-corrected chi connectivity index (χ1v) is 8.27. The van der Waals surface area contributed by atoms with Gasteiger partial charge in [0.1, 0.15) is 0 Å². The molecule has 0 heterocycles. The van der Waals surface area contributed by atoms with Crippen LogP contribution in [0.1, 0.15) is 33.1 Å². The summed E-state index contributed by atoms with van der Waals surface area (Å²) in [5.74, 6) is 0. The van der Waals surface area contributed by atoms with Crippen molar-refractivity contribution in [3.8, 4) is 0 Å². The molecule has 2 N–H and O–H groups in total. The van der Waals surface area contributed by atoms with E-state index in [1.807, 2.05) is 0 Å². The summed E-state index contributed by atoms with van der Waals surface area (Å²) in [5.41, 5.74) is 5.62. The molecule has 0 saturated heterocycles. The number of nitrogens with two attached hydrogens (primary N) is 1. The summed E-state index contributed by atoms with van der Waals surface area (Å²) in [7, 11) is 0. The molecule has 1 unspecified atom stereocenters.